The Morgan fingerprint density at radius 2 is 2.19 bits per heavy atom. The van der Waals surface area contributed by atoms with Crippen molar-refractivity contribution in [1.82, 2.24) is 20.0 Å². The maximum Gasteiger partial charge on any atom is 0.193 e. The molecule has 1 saturated carbocycles. The van der Waals surface area contributed by atoms with Crippen molar-refractivity contribution in [3.05, 3.63) is 53.6 Å². The molecule has 0 radical (unpaired) electrons. The van der Waals surface area contributed by atoms with E-state index < -0.39 is 0 Å². The van der Waals surface area contributed by atoms with Crippen LogP contribution in [0.3, 0.4) is 0 Å². The molecule has 1 aliphatic heterocycles. The highest BCUT2D eigenvalue weighted by Gasteiger charge is 2.46. The van der Waals surface area contributed by atoms with Crippen molar-refractivity contribution in [2.75, 3.05) is 26.7 Å². The largest absolute Gasteiger partial charge is 0.355 e. The van der Waals surface area contributed by atoms with Crippen molar-refractivity contribution in [2.45, 2.75) is 31.1 Å². The van der Waals surface area contributed by atoms with Crippen molar-refractivity contribution in [2.24, 2.45) is 18.0 Å². The predicted octanol–water partition coefficient (Wildman–Crippen LogP) is 2.73. The zero-order valence-electron chi connectivity index (χ0n) is 16.2. The van der Waals surface area contributed by atoms with E-state index in [0.717, 1.165) is 56.8 Å². The van der Waals surface area contributed by atoms with Crippen LogP contribution in [0.2, 0.25) is 0 Å². The van der Waals surface area contributed by atoms with Crippen molar-refractivity contribution >= 4 is 5.96 Å². The number of rotatable bonds is 5. The Labute approximate surface area is 160 Å². The second kappa shape index (κ2) is 7.33. The van der Waals surface area contributed by atoms with Gasteiger partial charge >= 0.3 is 0 Å². The summed E-state index contributed by atoms with van der Waals surface area (Å²) in [6.45, 7) is 2.75. The first-order valence-electron chi connectivity index (χ1n) is 9.78. The highest BCUT2D eigenvalue weighted by Crippen LogP contribution is 2.48. The maximum atomic E-state index is 14.2. The Morgan fingerprint density at radius 1 is 1.37 bits per heavy atom. The van der Waals surface area contributed by atoms with Gasteiger partial charge in [-0.1, -0.05) is 18.2 Å². The van der Waals surface area contributed by atoms with Gasteiger partial charge in [0.2, 0.25) is 0 Å². The van der Waals surface area contributed by atoms with E-state index in [4.69, 9.17) is 0 Å². The maximum absolute atomic E-state index is 14.2. The van der Waals surface area contributed by atoms with Crippen molar-refractivity contribution in [3.63, 3.8) is 0 Å². The Kier molecular flexibility index (Phi) is 4.89. The van der Waals surface area contributed by atoms with E-state index in [1.54, 1.807) is 12.1 Å². The van der Waals surface area contributed by atoms with Gasteiger partial charge in [-0.05, 0) is 48.8 Å². The summed E-state index contributed by atoms with van der Waals surface area (Å²) in [6.07, 6.45) is 8.33. The van der Waals surface area contributed by atoms with Crippen LogP contribution in [0, 0.1) is 11.7 Å². The number of aromatic nitrogens is 2. The molecule has 4 rings (SSSR count). The van der Waals surface area contributed by atoms with Crippen molar-refractivity contribution in [1.29, 1.82) is 0 Å². The highest BCUT2D eigenvalue weighted by atomic mass is 19.1. The van der Waals surface area contributed by atoms with Crippen LogP contribution in [0.4, 0.5) is 4.39 Å². The van der Waals surface area contributed by atoms with E-state index in [-0.39, 0.29) is 11.2 Å². The first-order chi connectivity index (χ1) is 13.1. The molecule has 1 N–H and O–H groups in total. The van der Waals surface area contributed by atoms with E-state index >= 15 is 0 Å². The van der Waals surface area contributed by atoms with Gasteiger partial charge < -0.3 is 10.2 Å². The van der Waals surface area contributed by atoms with E-state index in [2.05, 4.69) is 26.5 Å². The molecule has 1 saturated heterocycles. The van der Waals surface area contributed by atoms with Crippen molar-refractivity contribution < 1.29 is 4.39 Å². The van der Waals surface area contributed by atoms with Gasteiger partial charge in [0.1, 0.15) is 5.82 Å². The molecule has 1 unspecified atom stereocenters. The molecule has 2 heterocycles. The number of hydrogen-bond acceptors (Lipinski definition) is 2. The topological polar surface area (TPSA) is 45.5 Å². The summed E-state index contributed by atoms with van der Waals surface area (Å²) >= 11 is 0. The molecule has 1 aromatic carbocycles. The van der Waals surface area contributed by atoms with Gasteiger partial charge in [0.05, 0.1) is 6.20 Å². The minimum Gasteiger partial charge on any atom is -0.355 e. The van der Waals surface area contributed by atoms with Crippen LogP contribution in [0.5, 0.6) is 0 Å². The Morgan fingerprint density at radius 3 is 2.85 bits per heavy atom. The first-order valence-corrected chi connectivity index (χ1v) is 9.78. The number of nitrogens with zero attached hydrogens (tertiary/aromatic N) is 4. The zero-order chi connectivity index (χ0) is 18.9. The van der Waals surface area contributed by atoms with E-state index in [9.17, 15) is 4.39 Å². The summed E-state index contributed by atoms with van der Waals surface area (Å²) in [5.41, 5.74) is 2.06. The summed E-state index contributed by atoms with van der Waals surface area (Å²) in [6, 6.07) is 7.17. The summed E-state index contributed by atoms with van der Waals surface area (Å²) in [4.78, 5) is 6.82. The van der Waals surface area contributed by atoms with Gasteiger partial charge in [-0.2, -0.15) is 5.10 Å². The smallest absolute Gasteiger partial charge is 0.193 e. The minimum absolute atomic E-state index is 0.0733. The van der Waals surface area contributed by atoms with Crippen LogP contribution < -0.4 is 5.32 Å². The molecule has 1 aromatic heterocycles. The van der Waals surface area contributed by atoms with Crippen LogP contribution >= 0.6 is 0 Å². The van der Waals surface area contributed by atoms with Gasteiger partial charge in [0.15, 0.2) is 5.96 Å². The number of aliphatic imine (C=N–C) groups is 1. The van der Waals surface area contributed by atoms with E-state index in [0.29, 0.717) is 5.92 Å². The quantitative estimate of drug-likeness (QED) is 0.651. The molecule has 5 nitrogen and oxygen atoms in total. The molecular weight excluding hydrogens is 341 g/mol. The average Bonchev–Trinajstić information content (AvgIpc) is 3.11. The molecule has 2 aromatic rings. The monoisotopic (exact) mass is 369 g/mol. The lowest BCUT2D eigenvalue weighted by atomic mass is 9.95. The lowest BCUT2D eigenvalue weighted by molar-refractivity contribution is 0.453. The van der Waals surface area contributed by atoms with Crippen LogP contribution in [0.15, 0.2) is 41.7 Å². The normalized spacial score (nSPS) is 21.5. The number of guanidine groups is 1. The van der Waals surface area contributed by atoms with E-state index in [1.165, 1.54) is 5.56 Å². The second-order valence-corrected chi connectivity index (χ2v) is 7.99. The fourth-order valence-electron chi connectivity index (χ4n) is 4.27. The first kappa shape index (κ1) is 18.0. The number of aryl methyl sites for hydroxylation is 1. The Bertz CT molecular complexity index is 823. The van der Waals surface area contributed by atoms with Crippen molar-refractivity contribution in [3.8, 4) is 0 Å². The molecule has 27 heavy (non-hydrogen) atoms. The van der Waals surface area contributed by atoms with Crippen LogP contribution in [0.1, 0.15) is 30.4 Å². The average molecular weight is 369 g/mol. The molecule has 144 valence electrons. The number of halogens is 1. The SMILES string of the molecule is CN=C(NCC1(c2ccccc2F)CC1)N1CCC(Cc2cnn(C)c2)C1. The predicted molar refractivity (Wildman–Crippen MR) is 105 cm³/mol. The summed E-state index contributed by atoms with van der Waals surface area (Å²) in [5, 5.41) is 7.79. The minimum atomic E-state index is -0.0931. The Balaban J connectivity index is 1.34. The fourth-order valence-corrected chi connectivity index (χ4v) is 4.27. The summed E-state index contributed by atoms with van der Waals surface area (Å²) in [7, 11) is 3.79. The van der Waals surface area contributed by atoms with E-state index in [1.807, 2.05) is 37.1 Å². The fraction of sp³-hybridized carbons (Fsp3) is 0.524. The molecule has 2 aliphatic rings. The van der Waals surface area contributed by atoms with Gasteiger partial charge in [0, 0.05) is 45.3 Å². The molecule has 1 aliphatic carbocycles. The third-order valence-electron chi connectivity index (χ3n) is 5.96. The number of benzene rings is 1. The van der Waals surface area contributed by atoms with Gasteiger partial charge in [-0.25, -0.2) is 4.39 Å². The van der Waals surface area contributed by atoms with Crippen LogP contribution in [0.25, 0.3) is 0 Å². The molecule has 6 heteroatoms. The zero-order valence-corrected chi connectivity index (χ0v) is 16.2. The lowest BCUT2D eigenvalue weighted by Gasteiger charge is -2.25. The second-order valence-electron chi connectivity index (χ2n) is 7.99. The van der Waals surface area contributed by atoms with Gasteiger partial charge in [0.25, 0.3) is 0 Å². The molecule has 0 spiro atoms. The third-order valence-corrected chi connectivity index (χ3v) is 5.96. The van der Waals surface area contributed by atoms with Crippen LogP contribution in [-0.4, -0.2) is 47.3 Å². The molecule has 2 fully saturated rings. The van der Waals surface area contributed by atoms with Gasteiger partial charge in [-0.15, -0.1) is 0 Å². The third kappa shape index (κ3) is 3.84. The number of likely N-dealkylation sites (tertiary alicyclic amines) is 1. The number of nitrogens with one attached hydrogen (secondary N) is 1. The lowest BCUT2D eigenvalue weighted by Crippen LogP contribution is -2.43. The van der Waals surface area contributed by atoms with Crippen LogP contribution in [-0.2, 0) is 18.9 Å². The molecule has 0 amide bonds. The standard InChI is InChI=1S/C21H28FN5/c1-23-20(24-15-21(8-9-21)18-5-3-4-6-19(18)22)27-10-7-16(14-27)11-17-12-25-26(2)13-17/h3-6,12-13,16H,7-11,14-15H2,1-2H3,(H,23,24). The summed E-state index contributed by atoms with van der Waals surface area (Å²) < 4.78 is 16.1. The molecular formula is C21H28FN5. The number of hydrogen-bond donors (Lipinski definition) is 1. The molecule has 0 bridgehead atoms. The molecule has 1 atom stereocenters. The Hall–Kier alpha value is -2.37. The van der Waals surface area contributed by atoms with Gasteiger partial charge in [-0.3, -0.25) is 9.67 Å². The highest BCUT2D eigenvalue weighted by molar-refractivity contribution is 5.80. The summed E-state index contributed by atoms with van der Waals surface area (Å²) in [5.74, 6) is 1.46.